The van der Waals surface area contributed by atoms with Gasteiger partial charge in [-0.25, -0.2) is 0 Å². The Kier molecular flexibility index (Phi) is 2.13. The van der Waals surface area contributed by atoms with Crippen molar-refractivity contribution >= 4 is 0 Å². The average molecular weight is 168 g/mol. The van der Waals surface area contributed by atoms with Gasteiger partial charge in [0.15, 0.2) is 0 Å². The van der Waals surface area contributed by atoms with Gasteiger partial charge < -0.3 is 10.2 Å². The maximum absolute atomic E-state index is 3.52. The Hall–Kier alpha value is -0.0800. The minimum atomic E-state index is 0.587. The predicted octanol–water partition coefficient (Wildman–Crippen LogP) is 1.22. The van der Waals surface area contributed by atoms with E-state index in [9.17, 15) is 0 Å². The van der Waals surface area contributed by atoms with Crippen LogP contribution in [0.1, 0.15) is 33.1 Å². The number of nitrogens with one attached hydrogen (secondary N) is 1. The summed E-state index contributed by atoms with van der Waals surface area (Å²) in [5.41, 5.74) is 0.587. The van der Waals surface area contributed by atoms with Gasteiger partial charge in [0.1, 0.15) is 0 Å². The molecular weight excluding hydrogens is 148 g/mol. The summed E-state index contributed by atoms with van der Waals surface area (Å²) in [5, 5.41) is 3.52. The highest BCUT2D eigenvalue weighted by Gasteiger charge is 2.42. The largest absolute Gasteiger partial charge is 0.308 e. The lowest BCUT2D eigenvalue weighted by Gasteiger charge is -2.24. The molecule has 0 amide bonds. The molecule has 0 aliphatic carbocycles. The van der Waals surface area contributed by atoms with Crippen LogP contribution in [0, 0.1) is 0 Å². The van der Waals surface area contributed by atoms with E-state index in [0.29, 0.717) is 5.54 Å². The van der Waals surface area contributed by atoms with Crippen LogP contribution >= 0.6 is 0 Å². The summed E-state index contributed by atoms with van der Waals surface area (Å²) >= 11 is 0. The Morgan fingerprint density at radius 2 is 2.00 bits per heavy atom. The molecule has 12 heavy (non-hydrogen) atoms. The molecule has 0 aromatic carbocycles. The Bertz CT molecular complexity index is 161. The van der Waals surface area contributed by atoms with E-state index in [0.717, 1.165) is 6.04 Å². The van der Waals surface area contributed by atoms with Crippen LogP contribution < -0.4 is 5.32 Å². The predicted molar refractivity (Wildman–Crippen MR) is 51.3 cm³/mol. The second-order valence-corrected chi connectivity index (χ2v) is 4.62. The van der Waals surface area contributed by atoms with Crippen LogP contribution in [0.5, 0.6) is 0 Å². The smallest absolute Gasteiger partial charge is 0.0319 e. The third-order valence-corrected chi connectivity index (χ3v) is 3.39. The van der Waals surface area contributed by atoms with Gasteiger partial charge in [-0.05, 0) is 39.7 Å². The van der Waals surface area contributed by atoms with Crippen molar-refractivity contribution in [1.29, 1.82) is 0 Å². The van der Waals surface area contributed by atoms with Crippen LogP contribution in [0.3, 0.4) is 0 Å². The van der Waals surface area contributed by atoms with Gasteiger partial charge in [-0.1, -0.05) is 0 Å². The molecule has 2 rings (SSSR count). The number of hydrogen-bond acceptors (Lipinski definition) is 2. The van der Waals surface area contributed by atoms with Crippen molar-refractivity contribution in [2.75, 3.05) is 19.6 Å². The van der Waals surface area contributed by atoms with Crippen LogP contribution in [-0.2, 0) is 0 Å². The van der Waals surface area contributed by atoms with Gasteiger partial charge in [-0.3, -0.25) is 0 Å². The van der Waals surface area contributed by atoms with Crippen LogP contribution in [-0.4, -0.2) is 36.1 Å². The first-order valence-electron chi connectivity index (χ1n) is 5.21. The minimum Gasteiger partial charge on any atom is -0.308 e. The quantitative estimate of drug-likeness (QED) is 0.596. The van der Waals surface area contributed by atoms with Crippen LogP contribution in [0.2, 0.25) is 0 Å². The molecular formula is C10H20N2. The lowest BCUT2D eigenvalue weighted by molar-refractivity contribution is 0.229. The molecule has 0 bridgehead atoms. The second-order valence-electron chi connectivity index (χ2n) is 4.62. The summed E-state index contributed by atoms with van der Waals surface area (Å²) in [6.07, 6.45) is 4.15. The summed E-state index contributed by atoms with van der Waals surface area (Å²) in [6.45, 7) is 8.49. The zero-order valence-corrected chi connectivity index (χ0v) is 8.27. The normalized spacial score (nSPS) is 37.2. The van der Waals surface area contributed by atoms with Gasteiger partial charge in [0.2, 0.25) is 0 Å². The lowest BCUT2D eigenvalue weighted by atomic mass is 10.0. The first kappa shape index (κ1) is 8.52. The Morgan fingerprint density at radius 3 is 2.58 bits per heavy atom. The molecule has 1 unspecified atom stereocenters. The number of hydrogen-bond donors (Lipinski definition) is 1. The molecule has 2 fully saturated rings. The Morgan fingerprint density at radius 1 is 1.25 bits per heavy atom. The maximum Gasteiger partial charge on any atom is 0.0319 e. The second kappa shape index (κ2) is 3.00. The fourth-order valence-electron chi connectivity index (χ4n) is 2.21. The summed E-state index contributed by atoms with van der Waals surface area (Å²) in [4.78, 5) is 2.61. The van der Waals surface area contributed by atoms with Gasteiger partial charge >= 0.3 is 0 Å². The highest BCUT2D eigenvalue weighted by atomic mass is 15.2. The molecule has 2 heteroatoms. The van der Waals surface area contributed by atoms with Crippen molar-refractivity contribution in [3.63, 3.8) is 0 Å². The molecule has 2 heterocycles. The molecule has 2 nitrogen and oxygen atoms in total. The number of rotatable bonds is 1. The highest BCUT2D eigenvalue weighted by molar-refractivity contribution is 5.05. The topological polar surface area (TPSA) is 25.2 Å². The third kappa shape index (κ3) is 1.64. The van der Waals surface area contributed by atoms with Crippen LogP contribution in [0.4, 0.5) is 0 Å². The molecule has 70 valence electrons. The van der Waals surface area contributed by atoms with Crippen molar-refractivity contribution in [3.05, 3.63) is 0 Å². The summed E-state index contributed by atoms with van der Waals surface area (Å²) in [5.74, 6) is 0. The fourth-order valence-corrected chi connectivity index (χ4v) is 2.21. The van der Waals surface area contributed by atoms with Crippen molar-refractivity contribution in [2.45, 2.75) is 44.7 Å². The summed E-state index contributed by atoms with van der Waals surface area (Å²) in [6, 6.07) is 0.735. The van der Waals surface area contributed by atoms with E-state index >= 15 is 0 Å². The fraction of sp³-hybridized carbons (Fsp3) is 1.00. The van der Waals surface area contributed by atoms with E-state index in [4.69, 9.17) is 0 Å². The molecule has 2 saturated heterocycles. The van der Waals surface area contributed by atoms with Crippen LogP contribution in [0.25, 0.3) is 0 Å². The third-order valence-electron chi connectivity index (χ3n) is 3.39. The van der Waals surface area contributed by atoms with Gasteiger partial charge in [-0.2, -0.15) is 0 Å². The maximum atomic E-state index is 3.52. The van der Waals surface area contributed by atoms with E-state index in [1.807, 2.05) is 0 Å². The van der Waals surface area contributed by atoms with Gasteiger partial charge in [0.25, 0.3) is 0 Å². The molecule has 1 atom stereocenters. The molecule has 0 aromatic heterocycles. The van der Waals surface area contributed by atoms with E-state index in [1.165, 1.54) is 38.9 Å². The van der Waals surface area contributed by atoms with Crippen molar-refractivity contribution in [3.8, 4) is 0 Å². The van der Waals surface area contributed by atoms with Crippen LogP contribution in [0.15, 0.2) is 0 Å². The SMILES string of the molecule is CC(C)N1CCCC2(CC1)CN2. The van der Waals surface area contributed by atoms with Crippen molar-refractivity contribution in [1.82, 2.24) is 10.2 Å². The number of likely N-dealkylation sites (tertiary alicyclic amines) is 1. The molecule has 1 spiro atoms. The number of nitrogens with zero attached hydrogens (tertiary/aromatic N) is 1. The molecule has 0 saturated carbocycles. The standard InChI is InChI=1S/C10H20N2/c1-9(2)12-6-3-4-10(5-7-12)8-11-10/h9,11H,3-8H2,1-2H3. The average Bonchev–Trinajstić information content (AvgIpc) is 2.80. The molecule has 0 aromatic rings. The van der Waals surface area contributed by atoms with E-state index in [2.05, 4.69) is 24.1 Å². The van der Waals surface area contributed by atoms with Gasteiger partial charge in [-0.15, -0.1) is 0 Å². The zero-order valence-electron chi connectivity index (χ0n) is 8.27. The van der Waals surface area contributed by atoms with Gasteiger partial charge in [0, 0.05) is 24.7 Å². The van der Waals surface area contributed by atoms with E-state index in [-0.39, 0.29) is 0 Å². The van der Waals surface area contributed by atoms with Gasteiger partial charge in [0.05, 0.1) is 0 Å². The molecule has 2 aliphatic heterocycles. The van der Waals surface area contributed by atoms with E-state index in [1.54, 1.807) is 0 Å². The first-order valence-corrected chi connectivity index (χ1v) is 5.21. The summed E-state index contributed by atoms with van der Waals surface area (Å²) in [7, 11) is 0. The van der Waals surface area contributed by atoms with Crippen molar-refractivity contribution in [2.24, 2.45) is 0 Å². The monoisotopic (exact) mass is 168 g/mol. The highest BCUT2D eigenvalue weighted by Crippen LogP contribution is 2.30. The van der Waals surface area contributed by atoms with E-state index < -0.39 is 0 Å². The zero-order chi connectivity index (χ0) is 8.60. The molecule has 0 radical (unpaired) electrons. The molecule has 2 aliphatic rings. The Labute approximate surface area is 75.3 Å². The summed E-state index contributed by atoms with van der Waals surface area (Å²) < 4.78 is 0. The Balaban J connectivity index is 1.89. The lowest BCUT2D eigenvalue weighted by Crippen LogP contribution is -2.32. The molecule has 1 N–H and O–H groups in total. The minimum absolute atomic E-state index is 0.587. The first-order chi connectivity index (χ1) is 5.72. The van der Waals surface area contributed by atoms with Crippen molar-refractivity contribution < 1.29 is 0 Å².